The second-order valence-corrected chi connectivity index (χ2v) is 6.07. The lowest BCUT2D eigenvalue weighted by atomic mass is 10.1. The lowest BCUT2D eigenvalue weighted by Gasteiger charge is -2.11. The van der Waals surface area contributed by atoms with Crippen molar-refractivity contribution in [3.05, 3.63) is 88.7 Å². The molecule has 0 amide bonds. The zero-order chi connectivity index (χ0) is 19.5. The first-order chi connectivity index (χ1) is 13.7. The second kappa shape index (κ2) is 7.36. The van der Waals surface area contributed by atoms with Gasteiger partial charge in [0.2, 0.25) is 0 Å². The number of hydrogen-bond donors (Lipinski definition) is 1. The summed E-state index contributed by atoms with van der Waals surface area (Å²) < 4.78 is 6.67. The van der Waals surface area contributed by atoms with E-state index in [0.29, 0.717) is 33.7 Å². The fourth-order valence-electron chi connectivity index (χ4n) is 2.99. The third kappa shape index (κ3) is 3.12. The first-order valence-electron chi connectivity index (χ1n) is 8.65. The maximum absolute atomic E-state index is 13.1. The number of benzene rings is 2. The SMILES string of the molecule is COc1cccc(/C=C/c2nc3ccncc3c(=O)n2-c2ccccc2)c1O. The molecule has 0 aliphatic heterocycles. The first kappa shape index (κ1) is 17.5. The number of methoxy groups -OCH3 is 1. The Balaban J connectivity index is 1.92. The number of aromatic hydroxyl groups is 1. The number of aromatic nitrogens is 3. The molecule has 0 spiro atoms. The van der Waals surface area contributed by atoms with Crippen molar-refractivity contribution in [2.24, 2.45) is 0 Å². The minimum Gasteiger partial charge on any atom is -0.504 e. The minimum atomic E-state index is -0.209. The topological polar surface area (TPSA) is 77.2 Å². The molecule has 0 radical (unpaired) electrons. The Morgan fingerprint density at radius 3 is 2.64 bits per heavy atom. The van der Waals surface area contributed by atoms with Crippen molar-refractivity contribution in [1.82, 2.24) is 14.5 Å². The fourth-order valence-corrected chi connectivity index (χ4v) is 2.99. The molecule has 2 aromatic heterocycles. The Morgan fingerprint density at radius 1 is 1.04 bits per heavy atom. The smallest absolute Gasteiger partial charge is 0.267 e. The Bertz CT molecular complexity index is 1230. The van der Waals surface area contributed by atoms with Crippen LogP contribution in [-0.2, 0) is 0 Å². The molecule has 0 fully saturated rings. The quantitative estimate of drug-likeness (QED) is 0.592. The van der Waals surface area contributed by atoms with Gasteiger partial charge in [0.25, 0.3) is 5.56 Å². The number of ether oxygens (including phenoxy) is 1. The standard InChI is InChI=1S/C22H17N3O3/c1-28-19-9-5-6-15(21(19)26)10-11-20-24-18-12-13-23-14-17(18)22(27)25(20)16-7-3-2-4-8-16/h2-14,26H,1H3/b11-10+. The monoisotopic (exact) mass is 371 g/mol. The van der Waals surface area contributed by atoms with Crippen molar-refractivity contribution in [3.63, 3.8) is 0 Å². The lowest BCUT2D eigenvalue weighted by Crippen LogP contribution is -2.22. The van der Waals surface area contributed by atoms with E-state index in [2.05, 4.69) is 9.97 Å². The van der Waals surface area contributed by atoms with Gasteiger partial charge >= 0.3 is 0 Å². The van der Waals surface area contributed by atoms with Crippen molar-refractivity contribution >= 4 is 23.1 Å². The van der Waals surface area contributed by atoms with Crippen LogP contribution < -0.4 is 10.3 Å². The van der Waals surface area contributed by atoms with Gasteiger partial charge in [-0.15, -0.1) is 0 Å². The summed E-state index contributed by atoms with van der Waals surface area (Å²) in [5, 5.41) is 10.7. The highest BCUT2D eigenvalue weighted by Gasteiger charge is 2.11. The molecule has 0 atom stereocenters. The van der Waals surface area contributed by atoms with Crippen LogP contribution >= 0.6 is 0 Å². The molecule has 0 saturated heterocycles. The zero-order valence-corrected chi connectivity index (χ0v) is 15.1. The molecule has 2 aromatic carbocycles. The van der Waals surface area contributed by atoms with Crippen molar-refractivity contribution in [2.75, 3.05) is 7.11 Å². The van der Waals surface area contributed by atoms with Gasteiger partial charge in [0.05, 0.1) is 23.7 Å². The van der Waals surface area contributed by atoms with Crippen LogP contribution in [0.2, 0.25) is 0 Å². The van der Waals surface area contributed by atoms with E-state index in [9.17, 15) is 9.90 Å². The maximum atomic E-state index is 13.1. The molecule has 0 bridgehead atoms. The minimum absolute atomic E-state index is 0.0276. The summed E-state index contributed by atoms with van der Waals surface area (Å²) in [6.07, 6.45) is 6.52. The summed E-state index contributed by atoms with van der Waals surface area (Å²) in [5.41, 5.74) is 1.60. The normalized spacial score (nSPS) is 11.2. The molecule has 6 heteroatoms. The number of fused-ring (bicyclic) bond motifs is 1. The Labute approximate surface area is 161 Å². The summed E-state index contributed by atoms with van der Waals surface area (Å²) in [6.45, 7) is 0. The molecule has 4 aromatic rings. The molecule has 0 aliphatic carbocycles. The van der Waals surface area contributed by atoms with E-state index >= 15 is 0 Å². The van der Waals surface area contributed by atoms with E-state index in [1.165, 1.54) is 17.9 Å². The van der Waals surface area contributed by atoms with Gasteiger partial charge in [-0.1, -0.05) is 30.3 Å². The van der Waals surface area contributed by atoms with Gasteiger partial charge in [-0.3, -0.25) is 14.3 Å². The number of hydrogen-bond acceptors (Lipinski definition) is 5. The van der Waals surface area contributed by atoms with Gasteiger partial charge in [0, 0.05) is 18.0 Å². The number of para-hydroxylation sites is 2. The number of phenols is 1. The molecule has 0 saturated carbocycles. The van der Waals surface area contributed by atoms with Gasteiger partial charge in [0.15, 0.2) is 11.5 Å². The number of rotatable bonds is 4. The van der Waals surface area contributed by atoms with Gasteiger partial charge < -0.3 is 9.84 Å². The van der Waals surface area contributed by atoms with E-state index in [4.69, 9.17) is 4.74 Å². The van der Waals surface area contributed by atoms with Crippen LogP contribution in [0.5, 0.6) is 11.5 Å². The molecule has 28 heavy (non-hydrogen) atoms. The van der Waals surface area contributed by atoms with Crippen LogP contribution in [0.3, 0.4) is 0 Å². The van der Waals surface area contributed by atoms with Gasteiger partial charge in [-0.2, -0.15) is 0 Å². The van der Waals surface area contributed by atoms with E-state index in [-0.39, 0.29) is 11.3 Å². The summed E-state index contributed by atoms with van der Waals surface area (Å²) in [5.74, 6) is 0.845. The average molecular weight is 371 g/mol. The largest absolute Gasteiger partial charge is 0.504 e. The Kier molecular flexibility index (Phi) is 4.60. The molecular formula is C22H17N3O3. The van der Waals surface area contributed by atoms with Gasteiger partial charge in [-0.05, 0) is 36.4 Å². The van der Waals surface area contributed by atoms with Crippen LogP contribution in [-0.4, -0.2) is 26.8 Å². The van der Waals surface area contributed by atoms with Crippen molar-refractivity contribution in [2.45, 2.75) is 0 Å². The summed E-state index contributed by atoms with van der Waals surface area (Å²) in [4.78, 5) is 21.8. The van der Waals surface area contributed by atoms with Crippen molar-refractivity contribution in [3.8, 4) is 17.2 Å². The predicted molar refractivity (Wildman–Crippen MR) is 109 cm³/mol. The molecule has 1 N–H and O–H groups in total. The molecule has 0 aliphatic rings. The molecule has 2 heterocycles. The summed E-state index contributed by atoms with van der Waals surface area (Å²) in [6, 6.07) is 16.2. The van der Waals surface area contributed by atoms with Crippen LogP contribution in [0.25, 0.3) is 28.7 Å². The highest BCUT2D eigenvalue weighted by molar-refractivity contribution is 5.79. The van der Waals surface area contributed by atoms with Crippen LogP contribution in [0.1, 0.15) is 11.4 Å². The third-order valence-corrected chi connectivity index (χ3v) is 4.37. The average Bonchev–Trinajstić information content (AvgIpc) is 2.74. The fraction of sp³-hybridized carbons (Fsp3) is 0.0455. The number of nitrogens with zero attached hydrogens (tertiary/aromatic N) is 3. The van der Waals surface area contributed by atoms with Crippen molar-refractivity contribution in [1.29, 1.82) is 0 Å². The zero-order valence-electron chi connectivity index (χ0n) is 15.1. The third-order valence-electron chi connectivity index (χ3n) is 4.37. The molecule has 138 valence electrons. The molecular weight excluding hydrogens is 354 g/mol. The molecule has 0 unspecified atom stereocenters. The van der Waals surface area contributed by atoms with Crippen LogP contribution in [0.4, 0.5) is 0 Å². The van der Waals surface area contributed by atoms with Gasteiger partial charge in [0.1, 0.15) is 5.82 Å². The molecule has 6 nitrogen and oxygen atoms in total. The first-order valence-corrected chi connectivity index (χ1v) is 8.65. The number of pyridine rings is 1. The lowest BCUT2D eigenvalue weighted by molar-refractivity contribution is 0.373. The van der Waals surface area contributed by atoms with E-state index in [1.54, 1.807) is 42.6 Å². The Morgan fingerprint density at radius 2 is 1.86 bits per heavy atom. The van der Waals surface area contributed by atoms with E-state index in [1.807, 2.05) is 30.3 Å². The van der Waals surface area contributed by atoms with Crippen molar-refractivity contribution < 1.29 is 9.84 Å². The highest BCUT2D eigenvalue weighted by Crippen LogP contribution is 2.30. The van der Waals surface area contributed by atoms with Crippen LogP contribution in [0.15, 0.2) is 71.8 Å². The van der Waals surface area contributed by atoms with E-state index < -0.39 is 0 Å². The summed E-state index contributed by atoms with van der Waals surface area (Å²) >= 11 is 0. The highest BCUT2D eigenvalue weighted by atomic mass is 16.5. The molecule has 4 rings (SSSR count). The summed E-state index contributed by atoms with van der Waals surface area (Å²) in [7, 11) is 1.49. The van der Waals surface area contributed by atoms with Crippen LogP contribution in [0, 0.1) is 0 Å². The van der Waals surface area contributed by atoms with Gasteiger partial charge in [-0.25, -0.2) is 4.98 Å². The second-order valence-electron chi connectivity index (χ2n) is 6.07. The maximum Gasteiger partial charge on any atom is 0.267 e. The Hall–Kier alpha value is -3.93. The predicted octanol–water partition coefficient (Wildman–Crippen LogP) is 3.67. The number of phenolic OH excluding ortho intramolecular Hbond substituents is 1. The van der Waals surface area contributed by atoms with E-state index in [0.717, 1.165) is 0 Å².